The Morgan fingerprint density at radius 3 is 2.38 bits per heavy atom. The Kier molecular flexibility index (Phi) is 4.90. The molecule has 1 aliphatic rings. The fourth-order valence-corrected chi connectivity index (χ4v) is 3.13. The van der Waals surface area contributed by atoms with Gasteiger partial charge in [0.1, 0.15) is 5.76 Å². The molecule has 0 aromatic heterocycles. The summed E-state index contributed by atoms with van der Waals surface area (Å²) in [6.07, 6.45) is 0. The van der Waals surface area contributed by atoms with Gasteiger partial charge in [-0.25, -0.2) is 9.69 Å². The first-order valence-electron chi connectivity index (χ1n) is 7.64. The van der Waals surface area contributed by atoms with Gasteiger partial charge in [0.2, 0.25) is 5.91 Å². The minimum Gasteiger partial charge on any atom is -0.495 e. The lowest BCUT2D eigenvalue weighted by Crippen LogP contribution is -2.34. The van der Waals surface area contributed by atoms with Crippen LogP contribution < -0.4 is 4.90 Å². The number of aromatic carboxylic acids is 1. The molecule has 3 rings (SSSR count). The molecule has 2 aromatic carbocycles. The number of methoxy groups -OCH3 is 1. The van der Waals surface area contributed by atoms with E-state index in [1.807, 2.05) is 18.2 Å². The van der Waals surface area contributed by atoms with Crippen LogP contribution >= 0.6 is 15.9 Å². The lowest BCUT2D eigenvalue weighted by Gasteiger charge is -2.14. The number of rotatable bonds is 4. The van der Waals surface area contributed by atoms with Crippen LogP contribution in [0.5, 0.6) is 0 Å². The number of carbonyl (C=O) groups excluding carboxylic acids is 2. The van der Waals surface area contributed by atoms with Gasteiger partial charge in [-0.05, 0) is 12.1 Å². The Morgan fingerprint density at radius 2 is 1.81 bits per heavy atom. The number of nitrogens with zero attached hydrogens (tertiary/aromatic N) is 1. The number of anilines is 1. The van der Waals surface area contributed by atoms with Gasteiger partial charge in [0, 0.05) is 11.1 Å². The van der Waals surface area contributed by atoms with Crippen LogP contribution in [0.2, 0.25) is 0 Å². The van der Waals surface area contributed by atoms with Crippen LogP contribution in [0.1, 0.15) is 21.5 Å². The molecule has 0 saturated heterocycles. The number of hydrogen-bond donors (Lipinski definition) is 1. The van der Waals surface area contributed by atoms with E-state index in [1.54, 1.807) is 12.1 Å². The van der Waals surface area contributed by atoms with Crippen LogP contribution in [0, 0.1) is 0 Å². The van der Waals surface area contributed by atoms with Crippen LogP contribution in [0.15, 0.2) is 48.5 Å². The van der Waals surface area contributed by atoms with Crippen molar-refractivity contribution in [3.05, 3.63) is 65.2 Å². The van der Waals surface area contributed by atoms with Crippen molar-refractivity contribution in [1.29, 1.82) is 0 Å². The fourth-order valence-electron chi connectivity index (χ4n) is 2.88. The summed E-state index contributed by atoms with van der Waals surface area (Å²) in [5, 5.41) is 9.16. The average molecular weight is 416 g/mol. The van der Waals surface area contributed by atoms with E-state index < -0.39 is 17.8 Å². The molecule has 132 valence electrons. The van der Waals surface area contributed by atoms with Gasteiger partial charge in [-0.2, -0.15) is 0 Å². The van der Waals surface area contributed by atoms with Crippen molar-refractivity contribution in [2.45, 2.75) is 0 Å². The minimum absolute atomic E-state index is 0.0103. The molecule has 0 bridgehead atoms. The smallest absolute Gasteiger partial charge is 0.335 e. The van der Waals surface area contributed by atoms with Crippen LogP contribution in [0.25, 0.3) is 11.3 Å². The third-order valence-corrected chi connectivity index (χ3v) is 4.48. The van der Waals surface area contributed by atoms with E-state index in [-0.39, 0.29) is 22.2 Å². The summed E-state index contributed by atoms with van der Waals surface area (Å²) in [7, 11) is 1.45. The Bertz CT molecular complexity index is 936. The summed E-state index contributed by atoms with van der Waals surface area (Å²) in [6.45, 7) is 0. The first-order valence-corrected chi connectivity index (χ1v) is 8.76. The van der Waals surface area contributed by atoms with Crippen molar-refractivity contribution in [1.82, 2.24) is 0 Å². The summed E-state index contributed by atoms with van der Waals surface area (Å²) < 4.78 is 5.48. The summed E-state index contributed by atoms with van der Waals surface area (Å²) >= 11 is 3.06. The zero-order valence-electron chi connectivity index (χ0n) is 13.7. The molecule has 1 heterocycles. The standard InChI is InChI=1S/C19H14BrNO5/c1-26-17(11-5-3-2-4-6-11)16-13-8-7-12(19(24)25)9-14(13)21(18(16)23)15(22)10-20/h2-9H,10H2,1H3,(H,24,25)/b17-16-. The molecular weight excluding hydrogens is 402 g/mol. The van der Waals surface area contributed by atoms with Crippen molar-refractivity contribution in [2.75, 3.05) is 17.3 Å². The van der Waals surface area contributed by atoms with Crippen LogP contribution in [0.4, 0.5) is 5.69 Å². The van der Waals surface area contributed by atoms with Gasteiger partial charge in [-0.15, -0.1) is 0 Å². The van der Waals surface area contributed by atoms with Crippen LogP contribution in [0.3, 0.4) is 0 Å². The number of alkyl halides is 1. The Labute approximate surface area is 157 Å². The molecule has 2 amide bonds. The second kappa shape index (κ2) is 7.13. The maximum Gasteiger partial charge on any atom is 0.335 e. The first-order chi connectivity index (χ1) is 12.5. The summed E-state index contributed by atoms with van der Waals surface area (Å²) in [4.78, 5) is 37.6. The monoisotopic (exact) mass is 415 g/mol. The Hall–Kier alpha value is -2.93. The second-order valence-corrected chi connectivity index (χ2v) is 6.04. The number of carboxylic acid groups (broad SMARTS) is 1. The van der Waals surface area contributed by atoms with Crippen molar-refractivity contribution < 1.29 is 24.2 Å². The van der Waals surface area contributed by atoms with E-state index in [4.69, 9.17) is 4.74 Å². The number of amides is 2. The lowest BCUT2D eigenvalue weighted by atomic mass is 10.0. The number of imide groups is 1. The van der Waals surface area contributed by atoms with Gasteiger partial charge in [-0.3, -0.25) is 9.59 Å². The molecular formula is C19H14BrNO5. The largest absolute Gasteiger partial charge is 0.495 e. The molecule has 0 aliphatic carbocycles. The van der Waals surface area contributed by atoms with E-state index in [2.05, 4.69) is 15.9 Å². The number of carbonyl (C=O) groups is 3. The molecule has 26 heavy (non-hydrogen) atoms. The Balaban J connectivity index is 2.29. The van der Waals surface area contributed by atoms with Crippen molar-refractivity contribution in [2.24, 2.45) is 0 Å². The fraction of sp³-hybridized carbons (Fsp3) is 0.105. The van der Waals surface area contributed by atoms with Crippen LogP contribution in [-0.2, 0) is 14.3 Å². The lowest BCUT2D eigenvalue weighted by molar-refractivity contribution is -0.121. The van der Waals surface area contributed by atoms with E-state index >= 15 is 0 Å². The molecule has 0 fully saturated rings. The van der Waals surface area contributed by atoms with Crippen molar-refractivity contribution in [3.8, 4) is 0 Å². The van der Waals surface area contributed by atoms with E-state index in [0.29, 0.717) is 16.9 Å². The number of fused-ring (bicyclic) bond motifs is 1. The highest BCUT2D eigenvalue weighted by Crippen LogP contribution is 2.41. The molecule has 6 nitrogen and oxygen atoms in total. The van der Waals surface area contributed by atoms with Gasteiger partial charge in [-0.1, -0.05) is 52.3 Å². The normalized spacial score (nSPS) is 14.8. The Morgan fingerprint density at radius 1 is 1.12 bits per heavy atom. The van der Waals surface area contributed by atoms with Gasteiger partial charge < -0.3 is 9.84 Å². The summed E-state index contributed by atoms with van der Waals surface area (Å²) in [5.41, 5.74) is 1.58. The van der Waals surface area contributed by atoms with Gasteiger partial charge in [0.05, 0.1) is 29.3 Å². The summed E-state index contributed by atoms with van der Waals surface area (Å²) in [6, 6.07) is 13.3. The third-order valence-electron chi connectivity index (χ3n) is 4.00. The van der Waals surface area contributed by atoms with Gasteiger partial charge >= 0.3 is 5.97 Å². The van der Waals surface area contributed by atoms with E-state index in [1.165, 1.54) is 25.3 Å². The number of halogens is 1. The predicted molar refractivity (Wildman–Crippen MR) is 100.0 cm³/mol. The second-order valence-electron chi connectivity index (χ2n) is 5.48. The van der Waals surface area contributed by atoms with Crippen molar-refractivity contribution in [3.63, 3.8) is 0 Å². The summed E-state index contributed by atoms with van der Waals surface area (Å²) in [5.74, 6) is -1.85. The van der Waals surface area contributed by atoms with Gasteiger partial charge in [0.15, 0.2) is 0 Å². The third kappa shape index (κ3) is 2.90. The molecule has 0 radical (unpaired) electrons. The first kappa shape index (κ1) is 17.9. The molecule has 1 N–H and O–H groups in total. The quantitative estimate of drug-likeness (QED) is 0.470. The molecule has 0 spiro atoms. The number of hydrogen-bond acceptors (Lipinski definition) is 4. The molecule has 2 aromatic rings. The highest BCUT2D eigenvalue weighted by atomic mass is 79.9. The zero-order chi connectivity index (χ0) is 18.8. The topological polar surface area (TPSA) is 83.9 Å². The van der Waals surface area contributed by atoms with E-state index in [9.17, 15) is 19.5 Å². The molecule has 0 atom stereocenters. The van der Waals surface area contributed by atoms with Gasteiger partial charge in [0.25, 0.3) is 5.91 Å². The SMILES string of the molecule is CO/C(=C1\C(=O)N(C(=O)CBr)c2cc(C(=O)O)ccc21)c1ccccc1. The van der Waals surface area contributed by atoms with Crippen molar-refractivity contribution >= 4 is 50.7 Å². The number of carboxylic acids is 1. The number of ether oxygens (including phenoxy) is 1. The minimum atomic E-state index is -1.14. The average Bonchev–Trinajstić information content (AvgIpc) is 2.94. The molecule has 1 aliphatic heterocycles. The number of benzene rings is 2. The molecule has 7 heteroatoms. The maximum atomic E-state index is 13.0. The predicted octanol–water partition coefficient (Wildman–Crippen LogP) is 3.17. The maximum absolute atomic E-state index is 13.0. The highest BCUT2D eigenvalue weighted by Gasteiger charge is 2.39. The van der Waals surface area contributed by atoms with Crippen LogP contribution in [-0.4, -0.2) is 35.3 Å². The molecule has 0 saturated carbocycles. The zero-order valence-corrected chi connectivity index (χ0v) is 15.3. The van der Waals surface area contributed by atoms with E-state index in [0.717, 1.165) is 4.90 Å². The molecule has 0 unspecified atom stereocenters. The highest BCUT2D eigenvalue weighted by molar-refractivity contribution is 9.09.